The molecule has 1 unspecified atom stereocenters. The topological polar surface area (TPSA) is 68.5 Å². The number of ether oxygens (including phenoxy) is 1. The summed E-state index contributed by atoms with van der Waals surface area (Å²) in [5.41, 5.74) is 4.57. The number of pyridine rings is 1. The number of piperidine rings is 1. The quantitative estimate of drug-likeness (QED) is 0.715. The first kappa shape index (κ1) is 21.5. The van der Waals surface area contributed by atoms with Gasteiger partial charge in [0.15, 0.2) is 11.6 Å². The summed E-state index contributed by atoms with van der Waals surface area (Å²) >= 11 is 0. The zero-order chi connectivity index (χ0) is 22.4. The molecule has 1 aliphatic carbocycles. The molecule has 10 heteroatoms. The average Bonchev–Trinajstić information content (AvgIpc) is 3.35. The minimum absolute atomic E-state index is 0.180. The number of aromatic nitrogens is 1. The SMILES string of the molecule is NC(=O)C1(c2ccc(Oc3ccc(F)cc3F)cn2)CC12CCN(CC(F)(F)F)CC2. The van der Waals surface area contributed by atoms with Crippen molar-refractivity contribution in [1.29, 1.82) is 0 Å². The zero-order valence-corrected chi connectivity index (χ0v) is 16.4. The predicted molar refractivity (Wildman–Crippen MR) is 100 cm³/mol. The number of carbonyl (C=O) groups excluding carboxylic acids is 1. The fourth-order valence-corrected chi connectivity index (χ4v) is 4.67. The van der Waals surface area contributed by atoms with Gasteiger partial charge in [-0.1, -0.05) is 0 Å². The number of amides is 1. The predicted octanol–water partition coefficient (Wildman–Crippen LogP) is 3.92. The van der Waals surface area contributed by atoms with Gasteiger partial charge in [-0.2, -0.15) is 13.2 Å². The van der Waals surface area contributed by atoms with Crippen LogP contribution in [-0.2, 0) is 10.2 Å². The molecule has 1 atom stereocenters. The van der Waals surface area contributed by atoms with Crippen molar-refractivity contribution in [3.05, 3.63) is 53.9 Å². The molecule has 4 rings (SSSR count). The molecule has 2 fully saturated rings. The maximum Gasteiger partial charge on any atom is 0.401 e. The van der Waals surface area contributed by atoms with Gasteiger partial charge in [-0.25, -0.2) is 8.78 Å². The zero-order valence-electron chi connectivity index (χ0n) is 16.4. The summed E-state index contributed by atoms with van der Waals surface area (Å²) in [6.07, 6.45) is -1.71. The van der Waals surface area contributed by atoms with E-state index in [1.807, 2.05) is 0 Å². The Morgan fingerprint density at radius 1 is 1.16 bits per heavy atom. The molecule has 1 saturated carbocycles. The molecular weight excluding hydrogens is 421 g/mol. The molecule has 0 radical (unpaired) electrons. The highest BCUT2D eigenvalue weighted by atomic mass is 19.4. The molecule has 5 nitrogen and oxygen atoms in total. The third-order valence-electron chi connectivity index (χ3n) is 6.32. The van der Waals surface area contributed by atoms with Crippen LogP contribution in [0.1, 0.15) is 25.0 Å². The van der Waals surface area contributed by atoms with Crippen LogP contribution in [0.3, 0.4) is 0 Å². The minimum Gasteiger partial charge on any atom is -0.453 e. The Balaban J connectivity index is 1.49. The number of rotatable bonds is 5. The number of likely N-dealkylation sites (tertiary alicyclic amines) is 1. The van der Waals surface area contributed by atoms with Crippen LogP contribution in [-0.4, -0.2) is 41.6 Å². The second-order valence-electron chi connectivity index (χ2n) is 8.17. The molecule has 0 bridgehead atoms. The van der Waals surface area contributed by atoms with E-state index in [0.717, 1.165) is 12.1 Å². The number of primary amides is 1. The van der Waals surface area contributed by atoms with Gasteiger partial charge in [0, 0.05) is 6.07 Å². The fraction of sp³-hybridized carbons (Fsp3) is 0.429. The van der Waals surface area contributed by atoms with Gasteiger partial charge in [0.1, 0.15) is 11.6 Å². The number of carbonyl (C=O) groups is 1. The van der Waals surface area contributed by atoms with E-state index in [-0.39, 0.29) is 24.6 Å². The summed E-state index contributed by atoms with van der Waals surface area (Å²) in [7, 11) is 0. The summed E-state index contributed by atoms with van der Waals surface area (Å²) in [5.74, 6) is -2.17. The van der Waals surface area contributed by atoms with Crippen molar-refractivity contribution in [1.82, 2.24) is 9.88 Å². The summed E-state index contributed by atoms with van der Waals surface area (Å²) in [5, 5.41) is 0. The summed E-state index contributed by atoms with van der Waals surface area (Å²) in [4.78, 5) is 18.0. The van der Waals surface area contributed by atoms with E-state index >= 15 is 0 Å². The largest absolute Gasteiger partial charge is 0.453 e. The first-order chi connectivity index (χ1) is 14.5. The van der Waals surface area contributed by atoms with Crippen molar-refractivity contribution >= 4 is 5.91 Å². The van der Waals surface area contributed by atoms with Crippen molar-refractivity contribution in [3.8, 4) is 11.5 Å². The second-order valence-corrected chi connectivity index (χ2v) is 8.17. The summed E-state index contributed by atoms with van der Waals surface area (Å²) in [6.45, 7) is -0.532. The number of nitrogens with two attached hydrogens (primary N) is 1. The van der Waals surface area contributed by atoms with Crippen molar-refractivity contribution in [2.75, 3.05) is 19.6 Å². The number of alkyl halides is 3. The fourth-order valence-electron chi connectivity index (χ4n) is 4.67. The Kier molecular flexibility index (Phi) is 5.15. The van der Waals surface area contributed by atoms with Gasteiger partial charge in [-0.15, -0.1) is 0 Å². The number of hydrogen-bond acceptors (Lipinski definition) is 4. The Bertz CT molecular complexity index is 987. The Morgan fingerprint density at radius 2 is 1.87 bits per heavy atom. The second kappa shape index (κ2) is 7.44. The Morgan fingerprint density at radius 3 is 2.42 bits per heavy atom. The molecule has 1 amide bonds. The molecule has 2 heterocycles. The van der Waals surface area contributed by atoms with E-state index in [9.17, 15) is 26.7 Å². The van der Waals surface area contributed by atoms with Crippen molar-refractivity contribution in [2.24, 2.45) is 11.1 Å². The van der Waals surface area contributed by atoms with E-state index < -0.39 is 41.1 Å². The number of hydrogen-bond donors (Lipinski definition) is 1. The van der Waals surface area contributed by atoms with E-state index in [4.69, 9.17) is 10.5 Å². The molecule has 2 aromatic rings. The van der Waals surface area contributed by atoms with Gasteiger partial charge >= 0.3 is 6.18 Å². The molecule has 2 N–H and O–H groups in total. The van der Waals surface area contributed by atoms with E-state index in [1.54, 1.807) is 6.07 Å². The smallest absolute Gasteiger partial charge is 0.401 e. The average molecular weight is 441 g/mol. The Labute approximate surface area is 175 Å². The molecule has 2 aliphatic rings. The van der Waals surface area contributed by atoms with Crippen LogP contribution < -0.4 is 10.5 Å². The van der Waals surface area contributed by atoms with Gasteiger partial charge in [0.2, 0.25) is 5.91 Å². The first-order valence-electron chi connectivity index (χ1n) is 9.73. The molecule has 1 aliphatic heterocycles. The van der Waals surface area contributed by atoms with Crippen molar-refractivity contribution in [3.63, 3.8) is 0 Å². The number of nitrogens with zero attached hydrogens (tertiary/aromatic N) is 2. The third kappa shape index (κ3) is 3.96. The molecule has 1 aromatic carbocycles. The van der Waals surface area contributed by atoms with Crippen LogP contribution in [0.4, 0.5) is 22.0 Å². The van der Waals surface area contributed by atoms with Gasteiger partial charge in [0.05, 0.1) is 23.9 Å². The Hall–Kier alpha value is -2.75. The lowest BCUT2D eigenvalue weighted by Gasteiger charge is -2.35. The highest BCUT2D eigenvalue weighted by molar-refractivity contribution is 5.91. The maximum absolute atomic E-state index is 13.8. The highest BCUT2D eigenvalue weighted by Gasteiger charge is 2.72. The lowest BCUT2D eigenvalue weighted by molar-refractivity contribution is -0.149. The minimum atomic E-state index is -4.27. The summed E-state index contributed by atoms with van der Waals surface area (Å²) in [6, 6.07) is 5.95. The van der Waals surface area contributed by atoms with Crippen LogP contribution in [0.5, 0.6) is 11.5 Å². The standard InChI is InChI=1S/C21H20F5N3O2/c22-13-1-3-16(15(23)9-13)31-14-2-4-17(28-10-14)20(18(27)30)11-19(20)5-7-29(8-6-19)12-21(24,25)26/h1-4,9-10H,5-8,11-12H2,(H2,27,30). The van der Waals surface area contributed by atoms with Crippen molar-refractivity contribution in [2.45, 2.75) is 30.9 Å². The van der Waals surface area contributed by atoms with E-state index in [0.29, 0.717) is 31.0 Å². The number of benzene rings is 1. The molecular formula is C21H20F5N3O2. The van der Waals surface area contributed by atoms with Crippen LogP contribution in [0.2, 0.25) is 0 Å². The van der Waals surface area contributed by atoms with Gasteiger partial charge in [-0.3, -0.25) is 14.7 Å². The van der Waals surface area contributed by atoms with E-state index in [2.05, 4.69) is 4.98 Å². The van der Waals surface area contributed by atoms with Crippen LogP contribution in [0.15, 0.2) is 36.5 Å². The van der Waals surface area contributed by atoms with Gasteiger partial charge in [0.25, 0.3) is 0 Å². The van der Waals surface area contributed by atoms with Crippen LogP contribution in [0, 0.1) is 17.0 Å². The molecule has 1 saturated heterocycles. The first-order valence-corrected chi connectivity index (χ1v) is 9.73. The maximum atomic E-state index is 13.8. The third-order valence-corrected chi connectivity index (χ3v) is 6.32. The lowest BCUT2D eigenvalue weighted by Crippen LogP contribution is -2.44. The van der Waals surface area contributed by atoms with Crippen LogP contribution in [0.25, 0.3) is 0 Å². The van der Waals surface area contributed by atoms with E-state index in [1.165, 1.54) is 17.2 Å². The molecule has 1 spiro atoms. The molecule has 166 valence electrons. The monoisotopic (exact) mass is 441 g/mol. The number of halogens is 5. The van der Waals surface area contributed by atoms with Gasteiger partial charge in [-0.05, 0) is 62.0 Å². The van der Waals surface area contributed by atoms with Gasteiger partial charge < -0.3 is 10.5 Å². The normalized spacial score (nSPS) is 23.0. The van der Waals surface area contributed by atoms with Crippen molar-refractivity contribution < 1.29 is 31.5 Å². The highest BCUT2D eigenvalue weighted by Crippen LogP contribution is 2.69. The summed E-state index contributed by atoms with van der Waals surface area (Å²) < 4.78 is 70.1. The van der Waals surface area contributed by atoms with Crippen LogP contribution >= 0.6 is 0 Å². The molecule has 1 aromatic heterocycles. The molecule has 31 heavy (non-hydrogen) atoms. The lowest BCUT2D eigenvalue weighted by atomic mass is 9.81.